The lowest BCUT2D eigenvalue weighted by Crippen LogP contribution is -2.09. The second-order valence-corrected chi connectivity index (χ2v) is 4.05. The summed E-state index contributed by atoms with van der Waals surface area (Å²) in [6.45, 7) is 1.76. The fraction of sp³-hybridized carbons (Fsp3) is 0.444. The molecule has 1 aromatic heterocycles. The summed E-state index contributed by atoms with van der Waals surface area (Å²) in [6.07, 6.45) is 0.961. The standard InChI is InChI=1S/C9H9Cl2FN2/c10-8-6(5-1-2-13-4-5)3-7(12)9(11)14-8/h3,5,13H,1-2,4H2. The highest BCUT2D eigenvalue weighted by atomic mass is 35.5. The van der Waals surface area contributed by atoms with E-state index in [4.69, 9.17) is 23.2 Å². The van der Waals surface area contributed by atoms with Crippen LogP contribution in [-0.4, -0.2) is 18.1 Å². The summed E-state index contributed by atoms with van der Waals surface area (Å²) in [7, 11) is 0. The summed E-state index contributed by atoms with van der Waals surface area (Å²) in [5.41, 5.74) is 0.749. The van der Waals surface area contributed by atoms with Gasteiger partial charge in [-0.05, 0) is 24.6 Å². The molecule has 1 unspecified atom stereocenters. The van der Waals surface area contributed by atoms with Gasteiger partial charge in [0.15, 0.2) is 11.0 Å². The molecule has 5 heteroatoms. The molecular formula is C9H9Cl2FN2. The zero-order chi connectivity index (χ0) is 10.1. The van der Waals surface area contributed by atoms with Crippen molar-refractivity contribution in [1.29, 1.82) is 0 Å². The van der Waals surface area contributed by atoms with Crippen molar-refractivity contribution in [3.63, 3.8) is 0 Å². The van der Waals surface area contributed by atoms with E-state index in [0.717, 1.165) is 25.1 Å². The molecule has 0 aromatic carbocycles. The van der Waals surface area contributed by atoms with Gasteiger partial charge >= 0.3 is 0 Å². The number of halogens is 3. The van der Waals surface area contributed by atoms with Crippen molar-refractivity contribution in [2.45, 2.75) is 12.3 Å². The number of nitrogens with zero attached hydrogens (tertiary/aromatic N) is 1. The third-order valence-electron chi connectivity index (χ3n) is 2.41. The van der Waals surface area contributed by atoms with Crippen LogP contribution in [-0.2, 0) is 0 Å². The predicted molar refractivity (Wildman–Crippen MR) is 54.4 cm³/mol. The molecule has 0 bridgehead atoms. The molecule has 0 aliphatic carbocycles. The molecule has 0 amide bonds. The molecule has 1 saturated heterocycles. The van der Waals surface area contributed by atoms with Crippen molar-refractivity contribution in [2.75, 3.05) is 13.1 Å². The van der Waals surface area contributed by atoms with Gasteiger partial charge in [-0.2, -0.15) is 0 Å². The summed E-state index contributed by atoms with van der Waals surface area (Å²) in [5, 5.41) is 3.34. The molecule has 2 nitrogen and oxygen atoms in total. The van der Waals surface area contributed by atoms with E-state index in [-0.39, 0.29) is 11.1 Å². The Morgan fingerprint density at radius 2 is 2.21 bits per heavy atom. The van der Waals surface area contributed by atoms with Crippen LogP contribution in [0.5, 0.6) is 0 Å². The average molecular weight is 235 g/mol. The van der Waals surface area contributed by atoms with Crippen LogP contribution in [0.25, 0.3) is 0 Å². The number of pyridine rings is 1. The number of aromatic nitrogens is 1. The molecule has 1 aliphatic heterocycles. The summed E-state index contributed by atoms with van der Waals surface area (Å²) in [4.78, 5) is 3.75. The quantitative estimate of drug-likeness (QED) is 0.757. The molecule has 76 valence electrons. The Morgan fingerprint density at radius 1 is 1.43 bits per heavy atom. The van der Waals surface area contributed by atoms with Crippen LogP contribution in [0.4, 0.5) is 4.39 Å². The normalized spacial score (nSPS) is 21.5. The maximum absolute atomic E-state index is 13.1. The van der Waals surface area contributed by atoms with Crippen LogP contribution in [0.15, 0.2) is 6.07 Å². The van der Waals surface area contributed by atoms with Crippen molar-refractivity contribution in [1.82, 2.24) is 10.3 Å². The van der Waals surface area contributed by atoms with Crippen molar-refractivity contribution >= 4 is 23.2 Å². The average Bonchev–Trinajstić information content (AvgIpc) is 2.64. The fourth-order valence-corrected chi connectivity index (χ4v) is 2.14. The zero-order valence-electron chi connectivity index (χ0n) is 7.36. The Kier molecular flexibility index (Phi) is 2.91. The molecule has 0 radical (unpaired) electrons. The van der Waals surface area contributed by atoms with E-state index in [1.807, 2.05) is 0 Å². The Hall–Kier alpha value is -0.380. The van der Waals surface area contributed by atoms with E-state index >= 15 is 0 Å². The lowest BCUT2D eigenvalue weighted by molar-refractivity contribution is 0.614. The van der Waals surface area contributed by atoms with Gasteiger partial charge in [0, 0.05) is 12.5 Å². The SMILES string of the molecule is Fc1cc(C2CCNC2)c(Cl)nc1Cl. The molecule has 0 saturated carbocycles. The van der Waals surface area contributed by atoms with Gasteiger partial charge in [-0.1, -0.05) is 23.2 Å². The summed E-state index contributed by atoms with van der Waals surface area (Å²) in [5.74, 6) is -0.250. The highest BCUT2D eigenvalue weighted by molar-refractivity contribution is 6.33. The van der Waals surface area contributed by atoms with Crippen molar-refractivity contribution in [2.24, 2.45) is 0 Å². The lowest BCUT2D eigenvalue weighted by Gasteiger charge is -2.10. The molecule has 0 spiro atoms. The third-order valence-corrected chi connectivity index (χ3v) is 2.98. The van der Waals surface area contributed by atoms with Gasteiger partial charge in [0.2, 0.25) is 0 Å². The summed E-state index contributed by atoms with van der Waals surface area (Å²) < 4.78 is 13.1. The first kappa shape index (κ1) is 10.1. The minimum absolute atomic E-state index is 0.162. The Balaban J connectivity index is 2.37. The number of hydrogen-bond acceptors (Lipinski definition) is 2. The first-order valence-corrected chi connectivity index (χ1v) is 5.16. The van der Waals surface area contributed by atoms with Gasteiger partial charge in [0.1, 0.15) is 5.15 Å². The second kappa shape index (κ2) is 4.01. The Bertz CT molecular complexity index is 351. The first-order valence-electron chi connectivity index (χ1n) is 4.40. The van der Waals surface area contributed by atoms with Crippen LogP contribution in [0.1, 0.15) is 17.9 Å². The maximum atomic E-state index is 13.1. The van der Waals surface area contributed by atoms with E-state index in [1.165, 1.54) is 6.07 Å². The predicted octanol–water partition coefficient (Wildman–Crippen LogP) is 2.60. The van der Waals surface area contributed by atoms with Gasteiger partial charge in [-0.25, -0.2) is 9.37 Å². The minimum Gasteiger partial charge on any atom is -0.316 e. The molecule has 2 heterocycles. The Morgan fingerprint density at radius 3 is 2.86 bits per heavy atom. The van der Waals surface area contributed by atoms with Crippen LogP contribution in [0, 0.1) is 5.82 Å². The minimum atomic E-state index is -0.502. The molecule has 1 atom stereocenters. The number of nitrogens with one attached hydrogen (secondary N) is 1. The van der Waals surface area contributed by atoms with E-state index in [0.29, 0.717) is 5.15 Å². The van der Waals surface area contributed by atoms with E-state index in [9.17, 15) is 4.39 Å². The molecule has 1 aromatic rings. The van der Waals surface area contributed by atoms with Gasteiger partial charge in [0.05, 0.1) is 0 Å². The summed E-state index contributed by atoms with van der Waals surface area (Å²) >= 11 is 11.4. The van der Waals surface area contributed by atoms with Gasteiger partial charge in [-0.3, -0.25) is 0 Å². The molecule has 1 aliphatic rings. The van der Waals surface area contributed by atoms with Crippen LogP contribution < -0.4 is 5.32 Å². The van der Waals surface area contributed by atoms with Gasteiger partial charge in [-0.15, -0.1) is 0 Å². The largest absolute Gasteiger partial charge is 0.316 e. The van der Waals surface area contributed by atoms with Gasteiger partial charge in [0.25, 0.3) is 0 Å². The molecule has 14 heavy (non-hydrogen) atoms. The number of hydrogen-bond donors (Lipinski definition) is 1. The van der Waals surface area contributed by atoms with E-state index in [1.54, 1.807) is 0 Å². The topological polar surface area (TPSA) is 24.9 Å². The van der Waals surface area contributed by atoms with Crippen molar-refractivity contribution in [3.8, 4) is 0 Å². The van der Waals surface area contributed by atoms with E-state index < -0.39 is 5.82 Å². The molecular weight excluding hydrogens is 226 g/mol. The highest BCUT2D eigenvalue weighted by Gasteiger charge is 2.21. The smallest absolute Gasteiger partial charge is 0.166 e. The van der Waals surface area contributed by atoms with Crippen molar-refractivity contribution < 1.29 is 4.39 Å². The first-order chi connectivity index (χ1) is 6.68. The van der Waals surface area contributed by atoms with Crippen LogP contribution in [0.2, 0.25) is 10.3 Å². The number of rotatable bonds is 1. The third kappa shape index (κ3) is 1.85. The lowest BCUT2D eigenvalue weighted by atomic mass is 10.0. The highest BCUT2D eigenvalue weighted by Crippen LogP contribution is 2.30. The summed E-state index contributed by atoms with van der Waals surface area (Å²) in [6, 6.07) is 1.38. The van der Waals surface area contributed by atoms with Crippen molar-refractivity contribution in [3.05, 3.63) is 27.8 Å². The zero-order valence-corrected chi connectivity index (χ0v) is 8.87. The molecule has 1 N–H and O–H groups in total. The monoisotopic (exact) mass is 234 g/mol. The van der Waals surface area contributed by atoms with Crippen LogP contribution in [0.3, 0.4) is 0 Å². The Labute approximate surface area is 91.4 Å². The molecule has 1 fully saturated rings. The molecule has 2 rings (SSSR count). The fourth-order valence-electron chi connectivity index (χ4n) is 1.67. The van der Waals surface area contributed by atoms with Gasteiger partial charge < -0.3 is 5.32 Å². The second-order valence-electron chi connectivity index (χ2n) is 3.33. The van der Waals surface area contributed by atoms with Crippen LogP contribution >= 0.6 is 23.2 Å². The maximum Gasteiger partial charge on any atom is 0.166 e. The van der Waals surface area contributed by atoms with E-state index in [2.05, 4.69) is 10.3 Å².